The number of methoxy groups -OCH3 is 3. The van der Waals surface area contributed by atoms with Crippen molar-refractivity contribution < 1.29 is 34.1 Å². The topological polar surface area (TPSA) is 141 Å². The molecule has 2 aromatic carbocycles. The van der Waals surface area contributed by atoms with Crippen LogP contribution in [-0.4, -0.2) is 47.4 Å². The molecule has 0 spiro atoms. The van der Waals surface area contributed by atoms with Crippen LogP contribution in [0.5, 0.6) is 23.0 Å². The largest absolute Gasteiger partial charge is 0.501 e. The molecule has 0 saturated carbocycles. The Labute approximate surface area is 165 Å². The monoisotopic (exact) mass is 402 g/mol. The molecule has 1 aromatic heterocycles. The number of nitro benzene ring substituents is 1. The molecular weight excluding hydrogens is 384 g/mol. The number of phenols is 1. The second kappa shape index (κ2) is 9.22. The molecular formula is C19H18N2O8. The van der Waals surface area contributed by atoms with Crippen LogP contribution in [0.15, 0.2) is 42.6 Å². The van der Waals surface area contributed by atoms with E-state index in [9.17, 15) is 20.0 Å². The van der Waals surface area contributed by atoms with Crippen LogP contribution >= 0.6 is 0 Å². The van der Waals surface area contributed by atoms with Gasteiger partial charge in [0.15, 0.2) is 11.5 Å². The zero-order valence-corrected chi connectivity index (χ0v) is 15.8. The first-order valence-corrected chi connectivity index (χ1v) is 8.08. The van der Waals surface area contributed by atoms with Crippen molar-refractivity contribution in [2.45, 2.75) is 0 Å². The van der Waals surface area contributed by atoms with Gasteiger partial charge in [-0.2, -0.15) is 0 Å². The van der Waals surface area contributed by atoms with Gasteiger partial charge in [-0.25, -0.2) is 4.79 Å². The zero-order chi connectivity index (χ0) is 21.6. The smallest absolute Gasteiger partial charge is 0.335 e. The van der Waals surface area contributed by atoms with Crippen LogP contribution in [-0.2, 0) is 0 Å². The third-order valence-corrected chi connectivity index (χ3v) is 3.83. The lowest BCUT2D eigenvalue weighted by Gasteiger charge is -2.12. The van der Waals surface area contributed by atoms with E-state index in [1.165, 1.54) is 45.7 Å². The first-order chi connectivity index (χ1) is 13.8. The molecule has 152 valence electrons. The Morgan fingerprint density at radius 3 is 2.17 bits per heavy atom. The van der Waals surface area contributed by atoms with E-state index in [0.717, 1.165) is 0 Å². The Kier molecular flexibility index (Phi) is 6.75. The number of hydrogen-bond acceptors (Lipinski definition) is 8. The number of fused-ring (bicyclic) bond motifs is 1. The van der Waals surface area contributed by atoms with Crippen LogP contribution in [0, 0.1) is 10.1 Å². The van der Waals surface area contributed by atoms with Gasteiger partial charge < -0.3 is 24.4 Å². The summed E-state index contributed by atoms with van der Waals surface area (Å²) in [5, 5.41) is 29.5. The molecule has 1 heterocycles. The van der Waals surface area contributed by atoms with Crippen molar-refractivity contribution in [2.75, 3.05) is 21.3 Å². The minimum absolute atomic E-state index is 0.0875. The number of carboxylic acid groups (broad SMARTS) is 1. The quantitative estimate of drug-likeness (QED) is 0.486. The second-order valence-electron chi connectivity index (χ2n) is 5.48. The summed E-state index contributed by atoms with van der Waals surface area (Å²) in [6, 6.07) is 9.01. The number of nitro groups is 1. The molecule has 0 amide bonds. The summed E-state index contributed by atoms with van der Waals surface area (Å²) in [6.07, 6.45) is 1.48. The van der Waals surface area contributed by atoms with Gasteiger partial charge in [0, 0.05) is 17.6 Å². The van der Waals surface area contributed by atoms with Crippen molar-refractivity contribution in [1.82, 2.24) is 4.98 Å². The lowest BCUT2D eigenvalue weighted by atomic mass is 10.2. The Bertz CT molecular complexity index is 1030. The molecule has 0 aliphatic rings. The second-order valence-corrected chi connectivity index (χ2v) is 5.48. The summed E-state index contributed by atoms with van der Waals surface area (Å²) < 4.78 is 15.1. The first kappa shape index (κ1) is 21.2. The number of aromatic nitrogens is 1. The molecule has 10 nitrogen and oxygen atoms in total. The van der Waals surface area contributed by atoms with Crippen LogP contribution < -0.4 is 14.2 Å². The van der Waals surface area contributed by atoms with Gasteiger partial charge in [-0.15, -0.1) is 0 Å². The first-order valence-electron chi connectivity index (χ1n) is 8.08. The number of carboxylic acids is 1. The third-order valence-electron chi connectivity index (χ3n) is 3.83. The molecule has 0 unspecified atom stereocenters. The highest BCUT2D eigenvalue weighted by atomic mass is 16.6. The fourth-order valence-electron chi connectivity index (χ4n) is 2.47. The number of phenolic OH excluding ortho intramolecular Hbond substituents is 1. The molecule has 2 N–H and O–H groups in total. The number of benzene rings is 2. The SMILES string of the molecule is COc1cc(C(=O)O)cc(OC)c1OC.O=[N+]([O-])c1ccc2cccnc2c1O. The minimum atomic E-state index is -1.05. The maximum atomic E-state index is 10.8. The molecule has 0 saturated heterocycles. The summed E-state index contributed by atoms with van der Waals surface area (Å²) in [6.45, 7) is 0. The van der Waals surface area contributed by atoms with Crippen LogP contribution in [0.1, 0.15) is 10.4 Å². The van der Waals surface area contributed by atoms with Crippen molar-refractivity contribution in [3.05, 3.63) is 58.3 Å². The predicted octanol–water partition coefficient (Wildman–Crippen LogP) is 3.26. The molecule has 29 heavy (non-hydrogen) atoms. The molecule has 0 aliphatic carbocycles. The fourth-order valence-corrected chi connectivity index (χ4v) is 2.47. The van der Waals surface area contributed by atoms with Crippen LogP contribution in [0.2, 0.25) is 0 Å². The van der Waals surface area contributed by atoms with E-state index < -0.39 is 10.9 Å². The van der Waals surface area contributed by atoms with E-state index in [0.29, 0.717) is 22.6 Å². The minimum Gasteiger partial charge on any atom is -0.501 e. The Balaban J connectivity index is 0.000000207. The van der Waals surface area contributed by atoms with E-state index in [2.05, 4.69) is 4.98 Å². The average molecular weight is 402 g/mol. The number of aromatic carboxylic acids is 1. The summed E-state index contributed by atoms with van der Waals surface area (Å²) in [5.41, 5.74) is 0.0161. The Morgan fingerprint density at radius 1 is 1.07 bits per heavy atom. The van der Waals surface area contributed by atoms with E-state index in [1.807, 2.05) is 0 Å². The van der Waals surface area contributed by atoms with Crippen molar-refractivity contribution in [3.8, 4) is 23.0 Å². The normalized spacial score (nSPS) is 9.90. The van der Waals surface area contributed by atoms with Gasteiger partial charge in [0.05, 0.1) is 31.8 Å². The van der Waals surface area contributed by atoms with Gasteiger partial charge in [-0.05, 0) is 24.3 Å². The maximum absolute atomic E-state index is 10.8. The molecule has 3 rings (SSSR count). The van der Waals surface area contributed by atoms with E-state index in [1.54, 1.807) is 18.2 Å². The van der Waals surface area contributed by atoms with E-state index in [-0.39, 0.29) is 22.5 Å². The Hall–Kier alpha value is -4.08. The highest BCUT2D eigenvalue weighted by Gasteiger charge is 2.17. The number of nitrogens with zero attached hydrogens (tertiary/aromatic N) is 2. The summed E-state index contributed by atoms with van der Waals surface area (Å²) >= 11 is 0. The zero-order valence-electron chi connectivity index (χ0n) is 15.8. The van der Waals surface area contributed by atoms with Crippen molar-refractivity contribution >= 4 is 22.6 Å². The van der Waals surface area contributed by atoms with E-state index in [4.69, 9.17) is 19.3 Å². The summed E-state index contributed by atoms with van der Waals surface area (Å²) in [5.74, 6) is -0.393. The molecule has 0 radical (unpaired) electrons. The van der Waals surface area contributed by atoms with Gasteiger partial charge in [0.1, 0.15) is 5.52 Å². The molecule has 10 heteroatoms. The molecule has 3 aromatic rings. The lowest BCUT2D eigenvalue weighted by molar-refractivity contribution is -0.385. The van der Waals surface area contributed by atoms with E-state index >= 15 is 0 Å². The van der Waals surface area contributed by atoms with Gasteiger partial charge in [0.25, 0.3) is 0 Å². The van der Waals surface area contributed by atoms with Gasteiger partial charge in [-0.1, -0.05) is 6.07 Å². The van der Waals surface area contributed by atoms with Gasteiger partial charge in [0.2, 0.25) is 11.5 Å². The Morgan fingerprint density at radius 2 is 1.69 bits per heavy atom. The number of aromatic hydroxyl groups is 1. The van der Waals surface area contributed by atoms with Crippen molar-refractivity contribution in [3.63, 3.8) is 0 Å². The molecule has 0 atom stereocenters. The maximum Gasteiger partial charge on any atom is 0.335 e. The van der Waals surface area contributed by atoms with Crippen molar-refractivity contribution in [2.24, 2.45) is 0 Å². The van der Waals surface area contributed by atoms with Gasteiger partial charge >= 0.3 is 11.7 Å². The van der Waals surface area contributed by atoms with Crippen molar-refractivity contribution in [1.29, 1.82) is 0 Å². The summed E-state index contributed by atoms with van der Waals surface area (Å²) in [4.78, 5) is 24.5. The average Bonchev–Trinajstić information content (AvgIpc) is 2.73. The molecule has 0 bridgehead atoms. The fraction of sp³-hybridized carbons (Fsp3) is 0.158. The molecule has 0 aliphatic heterocycles. The third kappa shape index (κ3) is 4.61. The van der Waals surface area contributed by atoms with Crippen LogP contribution in [0.3, 0.4) is 0 Å². The number of hydrogen-bond donors (Lipinski definition) is 2. The van der Waals surface area contributed by atoms with Crippen LogP contribution in [0.4, 0.5) is 5.69 Å². The number of ether oxygens (including phenoxy) is 3. The lowest BCUT2D eigenvalue weighted by Crippen LogP contribution is -2.01. The number of carbonyl (C=O) groups is 1. The predicted molar refractivity (Wildman–Crippen MR) is 103 cm³/mol. The number of rotatable bonds is 5. The van der Waals surface area contributed by atoms with Gasteiger partial charge in [-0.3, -0.25) is 15.1 Å². The highest BCUT2D eigenvalue weighted by molar-refractivity contribution is 5.89. The van der Waals surface area contributed by atoms with Crippen LogP contribution in [0.25, 0.3) is 10.9 Å². The molecule has 0 fully saturated rings. The number of pyridine rings is 1. The summed E-state index contributed by atoms with van der Waals surface area (Å²) in [7, 11) is 4.33. The highest BCUT2D eigenvalue weighted by Crippen LogP contribution is 2.38. The standard InChI is InChI=1S/C10H12O5.C9H6N2O3/c1-13-7-4-6(10(11)12)5-8(14-2)9(7)15-3;12-9-7(11(13)14)4-3-6-2-1-5-10-8(6)9/h4-5H,1-3H3,(H,11,12);1-5,12H.